The first kappa shape index (κ1) is 14.6. The molecule has 1 saturated carbocycles. The molecule has 116 valence electrons. The second-order valence-corrected chi connectivity index (χ2v) is 5.84. The molecule has 3 rings (SSSR count). The lowest BCUT2D eigenvalue weighted by molar-refractivity contribution is 0.487. The second-order valence-electron chi connectivity index (χ2n) is 5.84. The van der Waals surface area contributed by atoms with E-state index in [-0.39, 0.29) is 0 Å². The van der Waals surface area contributed by atoms with Crippen LogP contribution in [-0.2, 0) is 6.42 Å². The molecule has 1 aliphatic rings. The second kappa shape index (κ2) is 6.22. The first-order valence-corrected chi connectivity index (χ1v) is 7.67. The molecule has 5 nitrogen and oxygen atoms in total. The number of nitrogens with two attached hydrogens (primary N) is 1. The Bertz CT molecular complexity index is 656. The van der Waals surface area contributed by atoms with Crippen LogP contribution in [0.4, 0.5) is 0 Å². The molecule has 0 saturated heterocycles. The number of hydrogen-bond donors (Lipinski definition) is 1. The van der Waals surface area contributed by atoms with Gasteiger partial charge in [-0.2, -0.15) is 0 Å². The number of guanidine groups is 1. The first-order chi connectivity index (χ1) is 10.6. The fourth-order valence-corrected chi connectivity index (χ4v) is 2.30. The fourth-order valence-electron chi connectivity index (χ4n) is 2.30. The van der Waals surface area contributed by atoms with Crippen LogP contribution in [0.1, 0.15) is 24.1 Å². The first-order valence-electron chi connectivity index (χ1n) is 7.67. The van der Waals surface area contributed by atoms with Crippen LogP contribution in [0.3, 0.4) is 0 Å². The summed E-state index contributed by atoms with van der Waals surface area (Å²) in [6.45, 7) is 2.69. The number of aliphatic imine (C=N–C) groups is 1. The number of aromatic nitrogens is 1. The average molecular weight is 298 g/mol. The lowest BCUT2D eigenvalue weighted by Crippen LogP contribution is -2.35. The lowest BCUT2D eigenvalue weighted by Gasteiger charge is -2.16. The summed E-state index contributed by atoms with van der Waals surface area (Å²) in [4.78, 5) is 11.0. The van der Waals surface area contributed by atoms with Crippen molar-refractivity contribution in [3.63, 3.8) is 0 Å². The Morgan fingerprint density at radius 2 is 2.09 bits per heavy atom. The van der Waals surface area contributed by atoms with E-state index in [0.717, 1.165) is 17.7 Å². The van der Waals surface area contributed by atoms with Crippen LogP contribution in [0, 0.1) is 6.92 Å². The predicted molar refractivity (Wildman–Crippen MR) is 87.7 cm³/mol. The summed E-state index contributed by atoms with van der Waals surface area (Å²) in [5.41, 5.74) is 9.08. The van der Waals surface area contributed by atoms with E-state index in [1.54, 1.807) is 6.26 Å². The molecule has 1 fully saturated rings. The molecule has 0 unspecified atom stereocenters. The van der Waals surface area contributed by atoms with Crippen molar-refractivity contribution in [2.24, 2.45) is 10.7 Å². The maximum Gasteiger partial charge on any atom is 0.226 e. The van der Waals surface area contributed by atoms with Gasteiger partial charge >= 0.3 is 0 Å². The zero-order chi connectivity index (χ0) is 15.5. The lowest BCUT2D eigenvalue weighted by atomic mass is 10.1. The van der Waals surface area contributed by atoms with Crippen LogP contribution < -0.4 is 5.73 Å². The third-order valence-corrected chi connectivity index (χ3v) is 3.95. The number of aryl methyl sites for hydroxylation is 1. The summed E-state index contributed by atoms with van der Waals surface area (Å²) in [6.07, 6.45) is 4.87. The van der Waals surface area contributed by atoms with E-state index in [1.165, 1.54) is 18.4 Å². The average Bonchev–Trinajstić information content (AvgIpc) is 3.26. The number of rotatable bonds is 5. The molecule has 0 amide bonds. The van der Waals surface area contributed by atoms with E-state index < -0.39 is 0 Å². The van der Waals surface area contributed by atoms with Gasteiger partial charge in [-0.1, -0.05) is 17.7 Å². The SMILES string of the molecule is Cc1ccc(-c2nc(CCN=C(N)N(C)C3CC3)co2)cc1. The Morgan fingerprint density at radius 1 is 1.36 bits per heavy atom. The van der Waals surface area contributed by atoms with Crippen LogP contribution >= 0.6 is 0 Å². The Morgan fingerprint density at radius 3 is 2.77 bits per heavy atom. The Labute approximate surface area is 130 Å². The molecule has 0 spiro atoms. The van der Waals surface area contributed by atoms with Crippen molar-refractivity contribution in [2.75, 3.05) is 13.6 Å². The van der Waals surface area contributed by atoms with Crippen molar-refractivity contribution in [3.8, 4) is 11.5 Å². The fraction of sp³-hybridized carbons (Fsp3) is 0.412. The summed E-state index contributed by atoms with van der Waals surface area (Å²) in [6, 6.07) is 8.73. The highest BCUT2D eigenvalue weighted by Crippen LogP contribution is 2.24. The summed E-state index contributed by atoms with van der Waals surface area (Å²) in [5, 5.41) is 0. The molecule has 2 aromatic rings. The number of nitrogens with zero attached hydrogens (tertiary/aromatic N) is 3. The van der Waals surface area contributed by atoms with Gasteiger partial charge in [0.05, 0.1) is 5.69 Å². The van der Waals surface area contributed by atoms with Gasteiger partial charge in [-0.25, -0.2) is 4.98 Å². The maximum atomic E-state index is 5.96. The number of hydrogen-bond acceptors (Lipinski definition) is 3. The van der Waals surface area contributed by atoms with Crippen molar-refractivity contribution < 1.29 is 4.42 Å². The van der Waals surface area contributed by atoms with Gasteiger partial charge in [0.1, 0.15) is 6.26 Å². The molecular weight excluding hydrogens is 276 g/mol. The highest BCUT2D eigenvalue weighted by atomic mass is 16.3. The topological polar surface area (TPSA) is 67.7 Å². The minimum absolute atomic E-state index is 0.587. The molecular formula is C17H22N4O. The van der Waals surface area contributed by atoms with E-state index in [2.05, 4.69) is 33.9 Å². The summed E-state index contributed by atoms with van der Waals surface area (Å²) >= 11 is 0. The number of oxazole rings is 1. The highest BCUT2D eigenvalue weighted by Gasteiger charge is 2.27. The van der Waals surface area contributed by atoms with Gasteiger partial charge in [-0.05, 0) is 31.9 Å². The van der Waals surface area contributed by atoms with Crippen molar-refractivity contribution in [1.82, 2.24) is 9.88 Å². The van der Waals surface area contributed by atoms with Gasteiger partial charge in [-0.3, -0.25) is 4.99 Å². The van der Waals surface area contributed by atoms with E-state index in [9.17, 15) is 0 Å². The minimum Gasteiger partial charge on any atom is -0.444 e. The summed E-state index contributed by atoms with van der Waals surface area (Å²) in [7, 11) is 2.00. The van der Waals surface area contributed by atoms with Crippen molar-refractivity contribution in [2.45, 2.75) is 32.2 Å². The molecule has 1 aromatic carbocycles. The number of benzene rings is 1. The summed E-state index contributed by atoms with van der Waals surface area (Å²) in [5.74, 6) is 1.27. The normalized spacial score (nSPS) is 15.1. The molecule has 5 heteroatoms. The summed E-state index contributed by atoms with van der Waals surface area (Å²) < 4.78 is 5.54. The quantitative estimate of drug-likeness (QED) is 0.680. The molecule has 0 atom stereocenters. The molecule has 22 heavy (non-hydrogen) atoms. The van der Waals surface area contributed by atoms with Crippen molar-refractivity contribution in [1.29, 1.82) is 0 Å². The van der Waals surface area contributed by atoms with Crippen LogP contribution in [0.25, 0.3) is 11.5 Å². The van der Waals surface area contributed by atoms with Gasteiger partial charge in [0.15, 0.2) is 5.96 Å². The van der Waals surface area contributed by atoms with E-state index in [1.807, 2.05) is 19.2 Å². The van der Waals surface area contributed by atoms with E-state index in [4.69, 9.17) is 10.2 Å². The Balaban J connectivity index is 1.57. The third-order valence-electron chi connectivity index (χ3n) is 3.95. The maximum absolute atomic E-state index is 5.96. The van der Waals surface area contributed by atoms with Gasteiger partial charge in [0.25, 0.3) is 0 Å². The molecule has 0 bridgehead atoms. The largest absolute Gasteiger partial charge is 0.444 e. The van der Waals surface area contributed by atoms with Crippen LogP contribution in [0.2, 0.25) is 0 Å². The van der Waals surface area contributed by atoms with Gasteiger partial charge < -0.3 is 15.1 Å². The standard InChI is InChI=1S/C17H22N4O/c1-12-3-5-13(6-4-12)16-20-14(11-22-16)9-10-19-17(18)21(2)15-7-8-15/h3-6,11,15H,7-10H2,1-2H3,(H2,18,19). The molecule has 0 aliphatic heterocycles. The van der Waals surface area contributed by atoms with E-state index in [0.29, 0.717) is 24.4 Å². The zero-order valence-electron chi connectivity index (χ0n) is 13.1. The van der Waals surface area contributed by atoms with Crippen LogP contribution in [0.15, 0.2) is 39.9 Å². The monoisotopic (exact) mass is 298 g/mol. The van der Waals surface area contributed by atoms with Gasteiger partial charge in [-0.15, -0.1) is 0 Å². The van der Waals surface area contributed by atoms with Crippen molar-refractivity contribution in [3.05, 3.63) is 41.8 Å². The Hall–Kier alpha value is -2.30. The van der Waals surface area contributed by atoms with Crippen LogP contribution in [-0.4, -0.2) is 35.5 Å². The third kappa shape index (κ3) is 3.47. The minimum atomic E-state index is 0.587. The smallest absolute Gasteiger partial charge is 0.226 e. The molecule has 1 heterocycles. The molecule has 1 aromatic heterocycles. The van der Waals surface area contributed by atoms with E-state index >= 15 is 0 Å². The van der Waals surface area contributed by atoms with Gasteiger partial charge in [0, 0.05) is 31.6 Å². The van der Waals surface area contributed by atoms with Gasteiger partial charge in [0.2, 0.25) is 5.89 Å². The predicted octanol–water partition coefficient (Wildman–Crippen LogP) is 2.60. The Kier molecular flexibility index (Phi) is 4.13. The van der Waals surface area contributed by atoms with Crippen LogP contribution in [0.5, 0.6) is 0 Å². The molecule has 2 N–H and O–H groups in total. The molecule has 1 aliphatic carbocycles. The zero-order valence-corrected chi connectivity index (χ0v) is 13.1. The highest BCUT2D eigenvalue weighted by molar-refractivity contribution is 5.78. The molecule has 0 radical (unpaired) electrons. The van der Waals surface area contributed by atoms with Crippen molar-refractivity contribution >= 4 is 5.96 Å².